The Morgan fingerprint density at radius 2 is 1.74 bits per heavy atom. The number of hydrogen-bond acceptors (Lipinski definition) is 2. The third-order valence-corrected chi connectivity index (χ3v) is 4.10. The van der Waals surface area contributed by atoms with Crippen molar-refractivity contribution in [2.75, 3.05) is 11.1 Å². The molecule has 19 heavy (non-hydrogen) atoms. The van der Waals surface area contributed by atoms with Crippen LogP contribution >= 0.6 is 39.3 Å². The summed E-state index contributed by atoms with van der Waals surface area (Å²) in [5, 5.41) is 3.54. The number of hydrogen-bond donors (Lipinski definition) is 1. The van der Waals surface area contributed by atoms with Gasteiger partial charge in [0.2, 0.25) is 5.91 Å². The van der Waals surface area contributed by atoms with Gasteiger partial charge in [-0.25, -0.2) is 0 Å². The molecule has 2 aromatic carbocycles. The van der Waals surface area contributed by atoms with Gasteiger partial charge in [-0.15, -0.1) is 11.8 Å². The minimum Gasteiger partial charge on any atom is -0.325 e. The SMILES string of the molecule is O=C(CSc1ccc(Cl)cc1)Nc1ccc(Br)cc1. The van der Waals surface area contributed by atoms with Crippen LogP contribution in [0.1, 0.15) is 0 Å². The van der Waals surface area contributed by atoms with Crippen LogP contribution in [0.4, 0.5) is 5.69 Å². The molecule has 0 heterocycles. The number of anilines is 1. The van der Waals surface area contributed by atoms with Crippen LogP contribution in [0.15, 0.2) is 57.9 Å². The first-order valence-corrected chi connectivity index (χ1v) is 7.73. The number of nitrogens with one attached hydrogen (secondary N) is 1. The van der Waals surface area contributed by atoms with E-state index in [4.69, 9.17) is 11.6 Å². The van der Waals surface area contributed by atoms with Crippen LogP contribution in [0.25, 0.3) is 0 Å². The Balaban J connectivity index is 1.84. The third-order valence-electron chi connectivity index (χ3n) is 2.31. The molecule has 0 aliphatic carbocycles. The Morgan fingerprint density at radius 3 is 2.37 bits per heavy atom. The Bertz CT molecular complexity index is 557. The summed E-state index contributed by atoms with van der Waals surface area (Å²) in [4.78, 5) is 12.8. The zero-order chi connectivity index (χ0) is 13.7. The van der Waals surface area contributed by atoms with E-state index in [1.54, 1.807) is 0 Å². The van der Waals surface area contributed by atoms with Gasteiger partial charge in [0, 0.05) is 20.1 Å². The molecule has 0 bridgehead atoms. The normalized spacial score (nSPS) is 10.2. The average Bonchev–Trinajstić information content (AvgIpc) is 2.41. The van der Waals surface area contributed by atoms with Crippen LogP contribution < -0.4 is 5.32 Å². The van der Waals surface area contributed by atoms with Gasteiger partial charge in [-0.2, -0.15) is 0 Å². The summed E-state index contributed by atoms with van der Waals surface area (Å²) in [5.41, 5.74) is 0.796. The summed E-state index contributed by atoms with van der Waals surface area (Å²) in [6.45, 7) is 0. The molecule has 5 heteroatoms. The van der Waals surface area contributed by atoms with Crippen molar-refractivity contribution in [3.05, 3.63) is 58.0 Å². The highest BCUT2D eigenvalue weighted by molar-refractivity contribution is 9.10. The first kappa shape index (κ1) is 14.4. The van der Waals surface area contributed by atoms with Gasteiger partial charge in [0.25, 0.3) is 0 Å². The van der Waals surface area contributed by atoms with Gasteiger partial charge in [0.05, 0.1) is 5.75 Å². The molecule has 0 aliphatic rings. The smallest absolute Gasteiger partial charge is 0.234 e. The number of amides is 1. The Hall–Kier alpha value is -0.970. The monoisotopic (exact) mass is 355 g/mol. The number of halogens is 2. The van der Waals surface area contributed by atoms with Gasteiger partial charge in [-0.1, -0.05) is 27.5 Å². The maximum absolute atomic E-state index is 11.8. The summed E-state index contributed by atoms with van der Waals surface area (Å²) >= 11 is 10.6. The second-order valence-electron chi connectivity index (χ2n) is 3.80. The lowest BCUT2D eigenvalue weighted by Crippen LogP contribution is -2.13. The number of carbonyl (C=O) groups excluding carboxylic acids is 1. The lowest BCUT2D eigenvalue weighted by atomic mass is 10.3. The summed E-state index contributed by atoms with van der Waals surface area (Å²) in [6, 6.07) is 14.9. The average molecular weight is 357 g/mol. The van der Waals surface area contributed by atoms with E-state index in [1.165, 1.54) is 11.8 Å². The van der Waals surface area contributed by atoms with Crippen molar-refractivity contribution in [3.63, 3.8) is 0 Å². The molecule has 0 fully saturated rings. The molecular formula is C14H11BrClNOS. The van der Waals surface area contributed by atoms with Crippen molar-refractivity contribution in [3.8, 4) is 0 Å². The summed E-state index contributed by atoms with van der Waals surface area (Å²) in [7, 11) is 0. The van der Waals surface area contributed by atoms with Gasteiger partial charge in [0.15, 0.2) is 0 Å². The summed E-state index contributed by atoms with van der Waals surface area (Å²) in [6.07, 6.45) is 0. The van der Waals surface area contributed by atoms with Gasteiger partial charge in [-0.05, 0) is 48.5 Å². The van der Waals surface area contributed by atoms with Crippen LogP contribution in [-0.2, 0) is 4.79 Å². The lowest BCUT2D eigenvalue weighted by molar-refractivity contribution is -0.113. The maximum Gasteiger partial charge on any atom is 0.234 e. The van der Waals surface area contributed by atoms with E-state index in [1.807, 2.05) is 48.5 Å². The molecule has 0 aliphatic heterocycles. The van der Waals surface area contributed by atoms with E-state index in [2.05, 4.69) is 21.2 Å². The number of carbonyl (C=O) groups is 1. The molecule has 2 aromatic rings. The Morgan fingerprint density at radius 1 is 1.11 bits per heavy atom. The molecule has 2 rings (SSSR count). The molecule has 0 spiro atoms. The van der Waals surface area contributed by atoms with E-state index in [0.717, 1.165) is 15.1 Å². The molecule has 2 nitrogen and oxygen atoms in total. The molecule has 1 amide bonds. The van der Waals surface area contributed by atoms with Crippen molar-refractivity contribution in [1.82, 2.24) is 0 Å². The fourth-order valence-electron chi connectivity index (χ4n) is 1.41. The number of thioether (sulfide) groups is 1. The number of rotatable bonds is 4. The maximum atomic E-state index is 11.8. The quantitative estimate of drug-likeness (QED) is 0.795. The minimum atomic E-state index is -0.0257. The first-order chi connectivity index (χ1) is 9.13. The van der Waals surface area contributed by atoms with Crippen LogP contribution in [-0.4, -0.2) is 11.7 Å². The molecule has 1 N–H and O–H groups in total. The predicted octanol–water partition coefficient (Wildman–Crippen LogP) is 4.83. The Kier molecular flexibility index (Phi) is 5.31. The molecule has 0 unspecified atom stereocenters. The molecule has 0 saturated heterocycles. The predicted molar refractivity (Wildman–Crippen MR) is 84.9 cm³/mol. The minimum absolute atomic E-state index is 0.0257. The number of benzene rings is 2. The lowest BCUT2D eigenvalue weighted by Gasteiger charge is -2.05. The van der Waals surface area contributed by atoms with Crippen molar-refractivity contribution in [2.24, 2.45) is 0 Å². The van der Waals surface area contributed by atoms with Crippen LogP contribution in [0.3, 0.4) is 0 Å². The zero-order valence-electron chi connectivity index (χ0n) is 9.90. The second kappa shape index (κ2) is 6.98. The van der Waals surface area contributed by atoms with E-state index >= 15 is 0 Å². The van der Waals surface area contributed by atoms with Crippen LogP contribution in [0, 0.1) is 0 Å². The van der Waals surface area contributed by atoms with Crippen LogP contribution in [0.2, 0.25) is 5.02 Å². The topological polar surface area (TPSA) is 29.1 Å². The summed E-state index contributed by atoms with van der Waals surface area (Å²) < 4.78 is 0.987. The van der Waals surface area contributed by atoms with E-state index in [0.29, 0.717) is 10.8 Å². The standard InChI is InChI=1S/C14H11BrClNOS/c15-10-1-5-12(6-2-10)17-14(18)9-19-13-7-3-11(16)4-8-13/h1-8H,9H2,(H,17,18). The van der Waals surface area contributed by atoms with Gasteiger partial charge >= 0.3 is 0 Å². The highest BCUT2D eigenvalue weighted by atomic mass is 79.9. The van der Waals surface area contributed by atoms with E-state index < -0.39 is 0 Å². The van der Waals surface area contributed by atoms with Crippen molar-refractivity contribution in [2.45, 2.75) is 4.90 Å². The molecule has 0 saturated carbocycles. The van der Waals surface area contributed by atoms with E-state index in [-0.39, 0.29) is 5.91 Å². The highest BCUT2D eigenvalue weighted by Crippen LogP contribution is 2.21. The molecule has 0 atom stereocenters. The van der Waals surface area contributed by atoms with Crippen molar-refractivity contribution in [1.29, 1.82) is 0 Å². The van der Waals surface area contributed by atoms with Crippen molar-refractivity contribution >= 4 is 50.9 Å². The van der Waals surface area contributed by atoms with Crippen LogP contribution in [0.5, 0.6) is 0 Å². The molecular weight excluding hydrogens is 346 g/mol. The third kappa shape index (κ3) is 4.90. The van der Waals surface area contributed by atoms with Crippen molar-refractivity contribution < 1.29 is 4.79 Å². The fraction of sp³-hybridized carbons (Fsp3) is 0.0714. The van der Waals surface area contributed by atoms with E-state index in [9.17, 15) is 4.79 Å². The molecule has 0 radical (unpaired) electrons. The molecule has 0 aromatic heterocycles. The van der Waals surface area contributed by atoms with Gasteiger partial charge in [-0.3, -0.25) is 4.79 Å². The Labute approximate surface area is 129 Å². The zero-order valence-corrected chi connectivity index (χ0v) is 13.1. The molecule has 98 valence electrons. The van der Waals surface area contributed by atoms with Gasteiger partial charge < -0.3 is 5.32 Å². The largest absolute Gasteiger partial charge is 0.325 e. The highest BCUT2D eigenvalue weighted by Gasteiger charge is 2.03. The summed E-state index contributed by atoms with van der Waals surface area (Å²) in [5.74, 6) is 0.347. The van der Waals surface area contributed by atoms with Gasteiger partial charge in [0.1, 0.15) is 0 Å². The first-order valence-electron chi connectivity index (χ1n) is 5.57. The second-order valence-corrected chi connectivity index (χ2v) is 6.20. The fourth-order valence-corrected chi connectivity index (χ4v) is 2.50.